The van der Waals surface area contributed by atoms with E-state index in [2.05, 4.69) is 50.2 Å². The molecule has 4 amide bonds. The molecule has 4 aromatic heterocycles. The van der Waals surface area contributed by atoms with Crippen molar-refractivity contribution in [2.45, 2.75) is 96.5 Å². The molecule has 9 rings (SSSR count). The highest BCUT2D eigenvalue weighted by Gasteiger charge is 2.44. The van der Waals surface area contributed by atoms with Crippen molar-refractivity contribution < 1.29 is 33.8 Å². The first kappa shape index (κ1) is 54.4. The number of aliphatic hydroxyl groups excluding tert-OH is 1. The van der Waals surface area contributed by atoms with Crippen LogP contribution in [0.5, 0.6) is 0 Å². The quantitative estimate of drug-likeness (QED) is 0.0427. The molecule has 5 heterocycles. The van der Waals surface area contributed by atoms with Crippen molar-refractivity contribution in [3.8, 4) is 38.8 Å². The maximum absolute atomic E-state index is 14.0. The van der Waals surface area contributed by atoms with Gasteiger partial charge in [0.25, 0.3) is 0 Å². The molecule has 1 saturated heterocycles. The predicted molar refractivity (Wildman–Crippen MR) is 296 cm³/mol. The van der Waals surface area contributed by atoms with Crippen LogP contribution in [0.3, 0.4) is 0 Å². The van der Waals surface area contributed by atoms with E-state index in [9.17, 15) is 24.3 Å². The molecule has 19 heteroatoms. The predicted octanol–water partition coefficient (Wildman–Crippen LogP) is 6.39. The molecule has 402 valence electrons. The lowest BCUT2D eigenvalue weighted by molar-refractivity contribution is -0.144. The third-order valence-corrected chi connectivity index (χ3v) is 15.3. The topological polar surface area (TPSA) is 255 Å². The number of likely N-dealkylation sites (tertiary alicyclic amines) is 1. The highest BCUT2D eigenvalue weighted by molar-refractivity contribution is 7.13. The fourth-order valence-electron chi connectivity index (χ4n) is 9.80. The van der Waals surface area contributed by atoms with Crippen LogP contribution in [0, 0.1) is 12.3 Å². The monoisotopic (exact) mass is 1060 g/mol. The summed E-state index contributed by atoms with van der Waals surface area (Å²) in [6, 6.07) is 29.9. The summed E-state index contributed by atoms with van der Waals surface area (Å²) >= 11 is 1.57. The second kappa shape index (κ2) is 23.9. The molecule has 77 heavy (non-hydrogen) atoms. The highest BCUT2D eigenvalue weighted by atomic mass is 32.1. The van der Waals surface area contributed by atoms with Crippen LogP contribution < -0.4 is 27.4 Å². The second-order valence-electron chi connectivity index (χ2n) is 21.0. The fourth-order valence-corrected chi connectivity index (χ4v) is 10.6. The highest BCUT2D eigenvalue weighted by Crippen LogP contribution is 2.40. The average Bonchev–Trinajstić information content (AvgIpc) is 4.15. The number of aryl methyl sites for hydroxylation is 2. The molecular formula is C58H67N11O7S. The molecule has 1 saturated carbocycles. The molecule has 7 aromatic rings. The van der Waals surface area contributed by atoms with E-state index in [4.69, 9.17) is 30.9 Å². The number of carbonyl (C=O) groups excluding carboxylic acids is 4. The van der Waals surface area contributed by atoms with Crippen LogP contribution in [0.1, 0.15) is 75.3 Å². The summed E-state index contributed by atoms with van der Waals surface area (Å²) in [6.45, 7) is 8.13. The van der Waals surface area contributed by atoms with E-state index >= 15 is 0 Å². The minimum atomic E-state index is -0.992. The second-order valence-corrected chi connectivity index (χ2v) is 21.8. The third-order valence-electron chi connectivity index (χ3n) is 14.3. The van der Waals surface area contributed by atoms with Crippen molar-refractivity contribution >= 4 is 51.9 Å². The van der Waals surface area contributed by atoms with Crippen LogP contribution in [0.15, 0.2) is 109 Å². The Kier molecular flexibility index (Phi) is 16.8. The number of rotatable bonds is 21. The van der Waals surface area contributed by atoms with Crippen molar-refractivity contribution in [2.75, 3.05) is 45.3 Å². The Hall–Kier alpha value is -7.42. The van der Waals surface area contributed by atoms with Gasteiger partial charge in [-0.25, -0.2) is 19.9 Å². The number of benzene rings is 3. The number of ether oxygens (including phenoxy) is 2. The number of β-amino-alcohol motifs (C(OH)–C–C–N with tert-alkyl or cyclic N) is 1. The average molecular weight is 1060 g/mol. The maximum Gasteiger partial charge on any atom is 0.246 e. The number of anilines is 1. The summed E-state index contributed by atoms with van der Waals surface area (Å²) in [4.78, 5) is 74.7. The van der Waals surface area contributed by atoms with Gasteiger partial charge < -0.3 is 46.9 Å². The number of fused-ring (bicyclic) bond motifs is 1. The number of aliphatic hydroxyl groups is 1. The van der Waals surface area contributed by atoms with Gasteiger partial charge in [-0.05, 0) is 103 Å². The van der Waals surface area contributed by atoms with Gasteiger partial charge in [-0.1, -0.05) is 75.4 Å². The van der Waals surface area contributed by atoms with Gasteiger partial charge in [-0.2, -0.15) is 0 Å². The number of imidazole rings is 1. The van der Waals surface area contributed by atoms with Gasteiger partial charge in [-0.3, -0.25) is 23.7 Å². The van der Waals surface area contributed by atoms with Crippen molar-refractivity contribution in [2.24, 2.45) is 11.1 Å². The molecule has 3 atom stereocenters. The Balaban J connectivity index is 0.706. The molecule has 18 nitrogen and oxygen atoms in total. The van der Waals surface area contributed by atoms with Gasteiger partial charge in [0.15, 0.2) is 11.5 Å². The molecule has 1 aliphatic carbocycles. The molecule has 1 unspecified atom stereocenters. The van der Waals surface area contributed by atoms with Crippen molar-refractivity contribution in [3.63, 3.8) is 0 Å². The Labute approximate surface area is 452 Å². The first-order chi connectivity index (χ1) is 37.0. The number of thiazole rings is 1. The molecule has 2 aliphatic rings. The van der Waals surface area contributed by atoms with Gasteiger partial charge in [0.1, 0.15) is 30.0 Å². The molecule has 0 radical (unpaired) electrons. The summed E-state index contributed by atoms with van der Waals surface area (Å²) in [5.74, 6) is -0.477. The van der Waals surface area contributed by atoms with Crippen LogP contribution in [-0.4, -0.2) is 116 Å². The summed E-state index contributed by atoms with van der Waals surface area (Å²) < 4.78 is 13.2. The molecule has 8 N–H and O–H groups in total. The maximum atomic E-state index is 14.0. The summed E-state index contributed by atoms with van der Waals surface area (Å²) in [7, 11) is 0. The smallest absolute Gasteiger partial charge is 0.246 e. The van der Waals surface area contributed by atoms with Crippen LogP contribution >= 0.6 is 11.3 Å². The number of nitrogens with zero attached hydrogens (tertiary/aromatic N) is 6. The molecule has 0 spiro atoms. The lowest BCUT2D eigenvalue weighted by Gasteiger charge is -2.38. The Morgan fingerprint density at radius 2 is 1.65 bits per heavy atom. The van der Waals surface area contributed by atoms with Crippen molar-refractivity contribution in [1.82, 2.24) is 45.4 Å². The first-order valence-corrected chi connectivity index (χ1v) is 27.0. The number of aromatic nitrogens is 5. The normalized spacial score (nSPS) is 16.5. The number of hydrogen-bond acceptors (Lipinski definition) is 14. The van der Waals surface area contributed by atoms with Crippen molar-refractivity contribution in [1.29, 1.82) is 0 Å². The number of nitrogens with two attached hydrogens (primary N) is 2. The Morgan fingerprint density at radius 3 is 2.36 bits per heavy atom. The summed E-state index contributed by atoms with van der Waals surface area (Å²) in [6.07, 6.45) is 4.68. The fraction of sp³-hybridized carbons (Fsp3) is 0.379. The van der Waals surface area contributed by atoms with E-state index in [1.807, 2.05) is 111 Å². The van der Waals surface area contributed by atoms with E-state index in [1.165, 1.54) is 4.90 Å². The number of nitrogen functional groups attached to an aromatic ring is 1. The largest absolute Gasteiger partial charge is 0.391 e. The lowest BCUT2D eigenvalue weighted by Crippen LogP contribution is -2.58. The SMILES string of the molecule is Cc1ncsc1-c1ccc(CNC(=O)[C@@H]2C[C@@H](O)CN2C(=O)C(NC(=O)COCCOCCNC(=O)CCc2cccc(-c3ccc4nc(-c5cccnc5N)n(-c5ccc(C6(N)CCC6)cc5)c4n3)c2)C(C)(C)C)cc1. The molecular weight excluding hydrogens is 995 g/mol. The van der Waals surface area contributed by atoms with E-state index in [0.717, 1.165) is 69.0 Å². The summed E-state index contributed by atoms with van der Waals surface area (Å²) in [5.41, 5.74) is 23.4. The van der Waals surface area contributed by atoms with E-state index in [1.54, 1.807) is 17.5 Å². The minimum absolute atomic E-state index is 0.0324. The number of nitrogens with one attached hydrogen (secondary N) is 3. The first-order valence-electron chi connectivity index (χ1n) is 26.1. The molecule has 1 aliphatic heterocycles. The van der Waals surface area contributed by atoms with Crippen LogP contribution in [0.25, 0.3) is 49.9 Å². The zero-order chi connectivity index (χ0) is 54.3. The van der Waals surface area contributed by atoms with Gasteiger partial charge >= 0.3 is 0 Å². The van der Waals surface area contributed by atoms with E-state index < -0.39 is 35.4 Å². The minimum Gasteiger partial charge on any atom is -0.391 e. The molecule has 2 fully saturated rings. The van der Waals surface area contributed by atoms with Crippen LogP contribution in [0.2, 0.25) is 0 Å². The molecule has 3 aromatic carbocycles. The van der Waals surface area contributed by atoms with Crippen molar-refractivity contribution in [3.05, 3.63) is 131 Å². The summed E-state index contributed by atoms with van der Waals surface area (Å²) in [5, 5.41) is 19.2. The third kappa shape index (κ3) is 12.9. The molecule has 0 bridgehead atoms. The Morgan fingerprint density at radius 1 is 0.870 bits per heavy atom. The van der Waals surface area contributed by atoms with Crippen LogP contribution in [-0.2, 0) is 47.2 Å². The zero-order valence-corrected chi connectivity index (χ0v) is 44.8. The van der Waals surface area contributed by atoms with Gasteiger partial charge in [0.05, 0.1) is 53.3 Å². The number of pyridine rings is 2. The van der Waals surface area contributed by atoms with Gasteiger partial charge in [-0.15, -0.1) is 11.3 Å². The number of hydrogen-bond donors (Lipinski definition) is 6. The Bertz CT molecular complexity index is 3220. The van der Waals surface area contributed by atoms with Crippen LogP contribution in [0.4, 0.5) is 5.82 Å². The number of carbonyl (C=O) groups is 4. The van der Waals surface area contributed by atoms with E-state index in [0.29, 0.717) is 41.3 Å². The van der Waals surface area contributed by atoms with Gasteiger partial charge in [0.2, 0.25) is 23.6 Å². The van der Waals surface area contributed by atoms with E-state index in [-0.39, 0.29) is 69.7 Å². The number of amides is 4. The lowest BCUT2D eigenvalue weighted by atomic mass is 9.73. The standard InChI is InChI=1S/C58H67N11O7S/c1-36-50(77-35-64-36)39-14-11-38(12-15-39)32-63-55(73)47-31-43(70)33-68(47)56(74)51(57(2,3)4)67-49(72)34-76-29-28-75-27-26-61-48(71)22-13-37-8-5-9-40(30-37)45-20-21-46-54(65-45)69(53(66-46)44-10-6-25-62-52(44)59)42-18-16-41(17-19-42)58(60)23-7-24-58/h5-6,8-12,14-21,25,30,35,43,47,51,70H,7,13,22-24,26-29,31-34,60H2,1-4H3,(H2,59,62)(H,61,71)(H,63,73)(H,67,72)/t43-,47+,51?/m1/s1. The van der Waals surface area contributed by atoms with Gasteiger partial charge in [0, 0.05) is 55.5 Å². The zero-order valence-electron chi connectivity index (χ0n) is 44.0.